The lowest BCUT2D eigenvalue weighted by Crippen LogP contribution is -2.23. The fraction of sp³-hybridized carbons (Fsp3) is 0.400. The SMILES string of the molecule is Cc1cccc(OCc2nnc(SC3CCN(C)C3=O)o2)c1. The number of amides is 1. The van der Waals surface area contributed by atoms with Gasteiger partial charge in [0, 0.05) is 13.6 Å². The van der Waals surface area contributed by atoms with E-state index >= 15 is 0 Å². The average Bonchev–Trinajstić information content (AvgIpc) is 3.07. The zero-order valence-corrected chi connectivity index (χ0v) is 13.3. The molecule has 2 heterocycles. The Morgan fingerprint density at radius 3 is 3.05 bits per heavy atom. The van der Waals surface area contributed by atoms with E-state index in [0.717, 1.165) is 24.3 Å². The van der Waals surface area contributed by atoms with Crippen LogP contribution in [0.2, 0.25) is 0 Å². The molecule has 1 aromatic heterocycles. The number of likely N-dealkylation sites (tertiary alicyclic amines) is 1. The molecule has 1 saturated heterocycles. The van der Waals surface area contributed by atoms with E-state index in [-0.39, 0.29) is 17.8 Å². The summed E-state index contributed by atoms with van der Waals surface area (Å²) >= 11 is 1.32. The summed E-state index contributed by atoms with van der Waals surface area (Å²) in [6.07, 6.45) is 0.803. The number of hydrogen-bond acceptors (Lipinski definition) is 6. The molecule has 2 aromatic rings. The van der Waals surface area contributed by atoms with Crippen LogP contribution in [0.5, 0.6) is 5.75 Å². The van der Waals surface area contributed by atoms with E-state index in [0.29, 0.717) is 11.1 Å². The Kier molecular flexibility index (Phi) is 4.33. The predicted molar refractivity (Wildman–Crippen MR) is 81.7 cm³/mol. The fourth-order valence-electron chi connectivity index (χ4n) is 2.22. The molecule has 0 saturated carbocycles. The van der Waals surface area contributed by atoms with E-state index in [1.54, 1.807) is 11.9 Å². The quantitative estimate of drug-likeness (QED) is 0.842. The molecule has 1 fully saturated rings. The van der Waals surface area contributed by atoms with Crippen LogP contribution in [0.3, 0.4) is 0 Å². The zero-order valence-electron chi connectivity index (χ0n) is 12.5. The van der Waals surface area contributed by atoms with Crippen LogP contribution >= 0.6 is 11.8 Å². The molecule has 0 spiro atoms. The Morgan fingerprint density at radius 2 is 2.32 bits per heavy atom. The number of nitrogens with zero attached hydrogens (tertiary/aromatic N) is 3. The van der Waals surface area contributed by atoms with Crippen LogP contribution in [-0.2, 0) is 11.4 Å². The zero-order chi connectivity index (χ0) is 15.5. The lowest BCUT2D eigenvalue weighted by atomic mass is 10.2. The third-order valence-electron chi connectivity index (χ3n) is 3.42. The first kappa shape index (κ1) is 14.9. The highest BCUT2D eigenvalue weighted by molar-refractivity contribution is 8.00. The monoisotopic (exact) mass is 319 g/mol. The highest BCUT2D eigenvalue weighted by atomic mass is 32.2. The van der Waals surface area contributed by atoms with Crippen LogP contribution in [-0.4, -0.2) is 39.8 Å². The van der Waals surface area contributed by atoms with E-state index in [1.165, 1.54) is 11.8 Å². The molecule has 0 aliphatic carbocycles. The van der Waals surface area contributed by atoms with E-state index in [1.807, 2.05) is 31.2 Å². The number of ether oxygens (including phenoxy) is 1. The summed E-state index contributed by atoms with van der Waals surface area (Å²) < 4.78 is 11.1. The molecule has 0 radical (unpaired) electrons. The number of hydrogen-bond donors (Lipinski definition) is 0. The van der Waals surface area contributed by atoms with Crippen LogP contribution in [0.1, 0.15) is 17.9 Å². The Morgan fingerprint density at radius 1 is 1.45 bits per heavy atom. The Hall–Kier alpha value is -2.02. The minimum absolute atomic E-state index is 0.112. The van der Waals surface area contributed by atoms with E-state index in [2.05, 4.69) is 10.2 Å². The highest BCUT2D eigenvalue weighted by Gasteiger charge is 2.31. The maximum Gasteiger partial charge on any atom is 0.277 e. The van der Waals surface area contributed by atoms with Crippen molar-refractivity contribution >= 4 is 17.7 Å². The molecular weight excluding hydrogens is 302 g/mol. The van der Waals surface area contributed by atoms with Crippen LogP contribution in [0, 0.1) is 6.92 Å². The van der Waals surface area contributed by atoms with Crippen LogP contribution in [0.25, 0.3) is 0 Å². The lowest BCUT2D eigenvalue weighted by molar-refractivity contribution is -0.126. The van der Waals surface area contributed by atoms with Crippen LogP contribution in [0.15, 0.2) is 33.9 Å². The van der Waals surface area contributed by atoms with Gasteiger partial charge in [-0.3, -0.25) is 4.79 Å². The van der Waals surface area contributed by atoms with Gasteiger partial charge in [0.2, 0.25) is 5.91 Å². The lowest BCUT2D eigenvalue weighted by Gasteiger charge is -2.07. The van der Waals surface area contributed by atoms with Gasteiger partial charge in [-0.1, -0.05) is 23.9 Å². The van der Waals surface area contributed by atoms with E-state index in [4.69, 9.17) is 9.15 Å². The summed E-state index contributed by atoms with van der Waals surface area (Å²) in [6, 6.07) is 7.76. The molecular formula is C15H17N3O3S. The van der Waals surface area contributed by atoms with Gasteiger partial charge in [0.05, 0.1) is 5.25 Å². The van der Waals surface area contributed by atoms with Gasteiger partial charge in [0.1, 0.15) is 5.75 Å². The van der Waals surface area contributed by atoms with E-state index < -0.39 is 0 Å². The van der Waals surface area contributed by atoms with Gasteiger partial charge in [0.25, 0.3) is 11.1 Å². The normalized spacial score (nSPS) is 18.0. The minimum atomic E-state index is -0.129. The maximum atomic E-state index is 11.8. The molecule has 1 aromatic carbocycles. The Bertz CT molecular complexity index is 674. The van der Waals surface area contributed by atoms with Crippen molar-refractivity contribution in [3.05, 3.63) is 35.7 Å². The Labute approximate surface area is 132 Å². The molecule has 116 valence electrons. The summed E-state index contributed by atoms with van der Waals surface area (Å²) in [5.41, 5.74) is 1.13. The third-order valence-corrected chi connectivity index (χ3v) is 4.51. The van der Waals surface area contributed by atoms with Crippen molar-refractivity contribution in [1.29, 1.82) is 0 Å². The van der Waals surface area contributed by atoms with Crippen LogP contribution < -0.4 is 4.74 Å². The van der Waals surface area contributed by atoms with Crippen molar-refractivity contribution in [1.82, 2.24) is 15.1 Å². The number of rotatable bonds is 5. The molecule has 1 aliphatic heterocycles. The van der Waals surface area contributed by atoms with Crippen molar-refractivity contribution in [2.45, 2.75) is 30.4 Å². The summed E-state index contributed by atoms with van der Waals surface area (Å²) in [4.78, 5) is 13.6. The summed E-state index contributed by atoms with van der Waals surface area (Å²) in [7, 11) is 1.80. The molecule has 0 bridgehead atoms. The first-order chi connectivity index (χ1) is 10.6. The second kappa shape index (κ2) is 6.39. The largest absolute Gasteiger partial charge is 0.484 e. The molecule has 1 atom stereocenters. The first-order valence-corrected chi connectivity index (χ1v) is 7.93. The second-order valence-electron chi connectivity index (χ2n) is 5.22. The number of aromatic nitrogens is 2. The van der Waals surface area contributed by atoms with Gasteiger partial charge in [0.15, 0.2) is 6.61 Å². The molecule has 22 heavy (non-hydrogen) atoms. The van der Waals surface area contributed by atoms with E-state index in [9.17, 15) is 4.79 Å². The van der Waals surface area contributed by atoms with Crippen molar-refractivity contribution in [3.8, 4) is 5.75 Å². The number of aryl methyl sites for hydroxylation is 1. The number of carbonyl (C=O) groups is 1. The Balaban J connectivity index is 1.56. The molecule has 3 rings (SSSR count). The molecule has 1 aliphatic rings. The summed E-state index contributed by atoms with van der Waals surface area (Å²) in [5.74, 6) is 1.28. The predicted octanol–water partition coefficient (Wildman–Crippen LogP) is 2.28. The first-order valence-electron chi connectivity index (χ1n) is 7.05. The summed E-state index contributed by atoms with van der Waals surface area (Å²) in [6.45, 7) is 2.99. The fourth-order valence-corrected chi connectivity index (χ4v) is 3.20. The van der Waals surface area contributed by atoms with Gasteiger partial charge in [-0.15, -0.1) is 10.2 Å². The maximum absolute atomic E-state index is 11.8. The number of benzene rings is 1. The van der Waals surface area contributed by atoms with Crippen molar-refractivity contribution in [2.75, 3.05) is 13.6 Å². The van der Waals surface area contributed by atoms with Crippen molar-refractivity contribution < 1.29 is 13.9 Å². The molecule has 6 nitrogen and oxygen atoms in total. The molecule has 7 heteroatoms. The van der Waals surface area contributed by atoms with Gasteiger partial charge in [-0.25, -0.2) is 0 Å². The van der Waals surface area contributed by atoms with Crippen molar-refractivity contribution in [2.24, 2.45) is 0 Å². The van der Waals surface area contributed by atoms with Gasteiger partial charge in [-0.2, -0.15) is 0 Å². The van der Waals surface area contributed by atoms with Gasteiger partial charge in [-0.05, 0) is 31.0 Å². The number of thioether (sulfide) groups is 1. The molecule has 1 amide bonds. The standard InChI is InChI=1S/C15H17N3O3S/c1-10-4-3-5-11(8-10)20-9-13-16-17-15(21-13)22-12-6-7-18(2)14(12)19/h3-5,8,12H,6-7,9H2,1-2H3. The van der Waals surface area contributed by atoms with Gasteiger partial charge < -0.3 is 14.1 Å². The number of carbonyl (C=O) groups excluding carboxylic acids is 1. The van der Waals surface area contributed by atoms with Crippen LogP contribution in [0.4, 0.5) is 0 Å². The second-order valence-corrected chi connectivity index (χ2v) is 6.38. The third kappa shape index (κ3) is 3.41. The molecule has 1 unspecified atom stereocenters. The average molecular weight is 319 g/mol. The molecule has 0 N–H and O–H groups in total. The highest BCUT2D eigenvalue weighted by Crippen LogP contribution is 2.29. The van der Waals surface area contributed by atoms with Gasteiger partial charge >= 0.3 is 0 Å². The summed E-state index contributed by atoms with van der Waals surface area (Å²) in [5, 5.41) is 8.20. The smallest absolute Gasteiger partial charge is 0.277 e. The van der Waals surface area contributed by atoms with Crippen molar-refractivity contribution in [3.63, 3.8) is 0 Å². The topological polar surface area (TPSA) is 68.5 Å². The minimum Gasteiger partial charge on any atom is -0.484 e.